The van der Waals surface area contributed by atoms with E-state index in [9.17, 15) is 14.0 Å². The first-order valence-corrected chi connectivity index (χ1v) is 5.36. The molecular formula is C12H12FNO3. The summed E-state index contributed by atoms with van der Waals surface area (Å²) in [6.07, 6.45) is 0.673. The number of rotatable bonds is 3. The first-order valence-electron chi connectivity index (χ1n) is 5.36. The zero-order chi connectivity index (χ0) is 12.4. The van der Waals surface area contributed by atoms with E-state index in [0.29, 0.717) is 18.5 Å². The van der Waals surface area contributed by atoms with Crippen molar-refractivity contribution in [1.82, 2.24) is 4.90 Å². The van der Waals surface area contributed by atoms with Gasteiger partial charge < -0.3 is 10.0 Å². The molecule has 1 unspecified atom stereocenters. The van der Waals surface area contributed by atoms with Crippen LogP contribution < -0.4 is 0 Å². The number of likely N-dealkylation sites (tertiary alicyclic amines) is 1. The van der Waals surface area contributed by atoms with Gasteiger partial charge in [0.05, 0.1) is 6.42 Å². The second-order valence-electron chi connectivity index (χ2n) is 4.05. The lowest BCUT2D eigenvalue weighted by molar-refractivity contribution is -0.139. The van der Waals surface area contributed by atoms with Crippen LogP contribution in [0.25, 0.3) is 0 Å². The molecule has 0 saturated carbocycles. The summed E-state index contributed by atoms with van der Waals surface area (Å²) >= 11 is 0. The van der Waals surface area contributed by atoms with E-state index < -0.39 is 11.8 Å². The molecule has 0 bridgehead atoms. The fraction of sp³-hybridized carbons (Fsp3) is 0.333. The normalized spacial score (nSPS) is 18.6. The number of carboxylic acid groups (broad SMARTS) is 1. The maximum Gasteiger partial charge on any atom is 0.305 e. The van der Waals surface area contributed by atoms with Crippen molar-refractivity contribution >= 4 is 11.9 Å². The van der Waals surface area contributed by atoms with Crippen LogP contribution in [0.5, 0.6) is 0 Å². The number of aliphatic carboxylic acids is 1. The molecule has 1 aromatic rings. The summed E-state index contributed by atoms with van der Waals surface area (Å²) in [5.41, 5.74) is 0.390. The Labute approximate surface area is 97.7 Å². The highest BCUT2D eigenvalue weighted by Gasteiger charge is 2.33. The minimum atomic E-state index is -0.911. The summed E-state index contributed by atoms with van der Waals surface area (Å²) in [5, 5.41) is 8.67. The van der Waals surface area contributed by atoms with Crippen LogP contribution in [-0.2, 0) is 4.79 Å². The summed E-state index contributed by atoms with van der Waals surface area (Å²) in [6, 6.07) is 5.03. The molecule has 0 aromatic heterocycles. The number of hydrogen-bond donors (Lipinski definition) is 1. The summed E-state index contributed by atoms with van der Waals surface area (Å²) in [4.78, 5) is 24.0. The highest BCUT2D eigenvalue weighted by atomic mass is 19.1. The van der Waals surface area contributed by atoms with Gasteiger partial charge in [0, 0.05) is 18.2 Å². The number of halogens is 1. The van der Waals surface area contributed by atoms with E-state index in [1.807, 2.05) is 0 Å². The van der Waals surface area contributed by atoms with Crippen LogP contribution in [0.2, 0.25) is 0 Å². The van der Waals surface area contributed by atoms with Crippen molar-refractivity contribution in [2.45, 2.75) is 18.9 Å². The molecule has 1 atom stereocenters. The molecule has 0 aliphatic carbocycles. The highest BCUT2D eigenvalue weighted by Crippen LogP contribution is 2.23. The predicted molar refractivity (Wildman–Crippen MR) is 58.1 cm³/mol. The van der Waals surface area contributed by atoms with Gasteiger partial charge in [-0.2, -0.15) is 0 Å². The van der Waals surface area contributed by atoms with Crippen LogP contribution in [0.4, 0.5) is 4.39 Å². The van der Waals surface area contributed by atoms with Gasteiger partial charge in [0.15, 0.2) is 0 Å². The molecule has 17 heavy (non-hydrogen) atoms. The Balaban J connectivity index is 2.05. The van der Waals surface area contributed by atoms with E-state index in [0.717, 1.165) is 0 Å². The second-order valence-corrected chi connectivity index (χ2v) is 4.05. The Morgan fingerprint density at radius 2 is 2.00 bits per heavy atom. The quantitative estimate of drug-likeness (QED) is 0.867. The lowest BCUT2D eigenvalue weighted by atomic mass is 9.98. The van der Waals surface area contributed by atoms with Crippen molar-refractivity contribution < 1.29 is 19.1 Å². The molecule has 90 valence electrons. The molecule has 2 rings (SSSR count). The average Bonchev–Trinajstić information content (AvgIpc) is 2.25. The Morgan fingerprint density at radius 1 is 1.35 bits per heavy atom. The van der Waals surface area contributed by atoms with E-state index in [1.165, 1.54) is 29.2 Å². The van der Waals surface area contributed by atoms with Crippen molar-refractivity contribution in [2.75, 3.05) is 6.54 Å². The highest BCUT2D eigenvalue weighted by molar-refractivity contribution is 5.95. The van der Waals surface area contributed by atoms with Gasteiger partial charge in [-0.15, -0.1) is 0 Å². The SMILES string of the molecule is O=C(O)CC1CCN1C(=O)c1ccc(F)cc1. The van der Waals surface area contributed by atoms with E-state index in [-0.39, 0.29) is 18.4 Å². The fourth-order valence-corrected chi connectivity index (χ4v) is 1.88. The standard InChI is InChI=1S/C12H12FNO3/c13-9-3-1-8(2-4-9)12(17)14-6-5-10(14)7-11(15)16/h1-4,10H,5-7H2,(H,15,16). The average molecular weight is 237 g/mol. The van der Waals surface area contributed by atoms with Crippen molar-refractivity contribution in [2.24, 2.45) is 0 Å². The molecule has 5 heteroatoms. The lowest BCUT2D eigenvalue weighted by Gasteiger charge is -2.40. The monoisotopic (exact) mass is 237 g/mol. The maximum absolute atomic E-state index is 12.7. The second kappa shape index (κ2) is 4.53. The first kappa shape index (κ1) is 11.6. The topological polar surface area (TPSA) is 57.6 Å². The van der Waals surface area contributed by atoms with Crippen LogP contribution in [0.1, 0.15) is 23.2 Å². The predicted octanol–water partition coefficient (Wildman–Crippen LogP) is 1.51. The minimum absolute atomic E-state index is 0.0348. The third kappa shape index (κ3) is 2.43. The van der Waals surface area contributed by atoms with Gasteiger partial charge in [0.25, 0.3) is 5.91 Å². The largest absolute Gasteiger partial charge is 0.481 e. The van der Waals surface area contributed by atoms with Gasteiger partial charge in [0.1, 0.15) is 5.82 Å². The molecule has 1 fully saturated rings. The Kier molecular flexibility index (Phi) is 3.08. The lowest BCUT2D eigenvalue weighted by Crippen LogP contribution is -2.51. The Bertz CT molecular complexity index is 444. The molecule has 4 nitrogen and oxygen atoms in total. The van der Waals surface area contributed by atoms with Crippen molar-refractivity contribution in [3.05, 3.63) is 35.6 Å². The van der Waals surface area contributed by atoms with Gasteiger partial charge >= 0.3 is 5.97 Å². The molecule has 1 aliphatic heterocycles. The van der Waals surface area contributed by atoms with Gasteiger partial charge in [-0.25, -0.2) is 4.39 Å². The van der Waals surface area contributed by atoms with Crippen LogP contribution in [0, 0.1) is 5.82 Å². The molecule has 1 amide bonds. The van der Waals surface area contributed by atoms with Crippen LogP contribution in [0.3, 0.4) is 0 Å². The van der Waals surface area contributed by atoms with Gasteiger partial charge in [-0.05, 0) is 30.7 Å². The van der Waals surface area contributed by atoms with Crippen molar-refractivity contribution in [1.29, 1.82) is 0 Å². The van der Waals surface area contributed by atoms with Crippen LogP contribution in [0.15, 0.2) is 24.3 Å². The smallest absolute Gasteiger partial charge is 0.305 e. The molecular weight excluding hydrogens is 225 g/mol. The molecule has 1 heterocycles. The summed E-state index contributed by atoms with van der Waals surface area (Å²) in [7, 11) is 0. The number of carbonyl (C=O) groups excluding carboxylic acids is 1. The molecule has 1 aromatic carbocycles. The third-order valence-corrected chi connectivity index (χ3v) is 2.91. The summed E-state index contributed by atoms with van der Waals surface area (Å²) < 4.78 is 12.7. The van der Waals surface area contributed by atoms with Crippen molar-refractivity contribution in [3.8, 4) is 0 Å². The first-order chi connectivity index (χ1) is 8.08. The third-order valence-electron chi connectivity index (χ3n) is 2.91. The zero-order valence-electron chi connectivity index (χ0n) is 9.10. The molecule has 1 N–H and O–H groups in total. The van der Waals surface area contributed by atoms with E-state index >= 15 is 0 Å². The minimum Gasteiger partial charge on any atom is -0.481 e. The number of benzene rings is 1. The van der Waals surface area contributed by atoms with Gasteiger partial charge in [-0.1, -0.05) is 0 Å². The summed E-state index contributed by atoms with van der Waals surface area (Å²) in [5.74, 6) is -1.54. The zero-order valence-corrected chi connectivity index (χ0v) is 9.10. The fourth-order valence-electron chi connectivity index (χ4n) is 1.88. The van der Waals surface area contributed by atoms with E-state index in [4.69, 9.17) is 5.11 Å². The van der Waals surface area contributed by atoms with Gasteiger partial charge in [0.2, 0.25) is 0 Å². The van der Waals surface area contributed by atoms with E-state index in [1.54, 1.807) is 0 Å². The Hall–Kier alpha value is -1.91. The Morgan fingerprint density at radius 3 is 2.47 bits per heavy atom. The molecule has 0 radical (unpaired) electrons. The molecule has 0 spiro atoms. The number of carboxylic acids is 1. The number of amides is 1. The van der Waals surface area contributed by atoms with Crippen LogP contribution in [-0.4, -0.2) is 34.5 Å². The molecule has 1 aliphatic rings. The summed E-state index contributed by atoms with van der Waals surface area (Å²) in [6.45, 7) is 0.564. The van der Waals surface area contributed by atoms with Gasteiger partial charge in [-0.3, -0.25) is 9.59 Å². The van der Waals surface area contributed by atoms with Crippen LogP contribution >= 0.6 is 0 Å². The number of carbonyl (C=O) groups is 2. The number of nitrogens with zero attached hydrogens (tertiary/aromatic N) is 1. The van der Waals surface area contributed by atoms with Crippen molar-refractivity contribution in [3.63, 3.8) is 0 Å². The number of hydrogen-bond acceptors (Lipinski definition) is 2. The maximum atomic E-state index is 12.7. The molecule has 1 saturated heterocycles. The van der Waals surface area contributed by atoms with E-state index in [2.05, 4.69) is 0 Å².